The zero-order valence-electron chi connectivity index (χ0n) is 11.6. The first-order valence-corrected chi connectivity index (χ1v) is 7.01. The minimum atomic E-state index is -0.0256. The molecule has 0 aliphatic carbocycles. The van der Waals surface area contributed by atoms with Crippen molar-refractivity contribution in [1.29, 1.82) is 0 Å². The number of nitrogens with one attached hydrogen (secondary N) is 1. The lowest BCUT2D eigenvalue weighted by molar-refractivity contribution is -0.121. The molecule has 0 aromatic heterocycles. The zero-order chi connectivity index (χ0) is 14.7. The van der Waals surface area contributed by atoms with E-state index in [0.29, 0.717) is 13.0 Å². The molecular weight excluding hydrogens is 266 g/mol. The van der Waals surface area contributed by atoms with Gasteiger partial charge in [0.2, 0.25) is 5.91 Å². The van der Waals surface area contributed by atoms with Crippen LogP contribution in [-0.4, -0.2) is 17.6 Å². The van der Waals surface area contributed by atoms with Gasteiger partial charge in [0.1, 0.15) is 11.5 Å². The molecule has 0 fully saturated rings. The van der Waals surface area contributed by atoms with E-state index in [-0.39, 0.29) is 17.7 Å². The fourth-order valence-corrected chi connectivity index (χ4v) is 2.54. The second-order valence-corrected chi connectivity index (χ2v) is 5.14. The highest BCUT2D eigenvalue weighted by atomic mass is 16.5. The molecule has 0 saturated heterocycles. The van der Waals surface area contributed by atoms with Gasteiger partial charge in [0.15, 0.2) is 0 Å². The van der Waals surface area contributed by atoms with Crippen LogP contribution in [-0.2, 0) is 11.2 Å². The number of benzene rings is 2. The highest BCUT2D eigenvalue weighted by Crippen LogP contribution is 2.31. The van der Waals surface area contributed by atoms with Crippen molar-refractivity contribution in [3.8, 4) is 11.5 Å². The van der Waals surface area contributed by atoms with Crippen molar-refractivity contribution < 1.29 is 14.6 Å². The molecule has 108 valence electrons. The summed E-state index contributed by atoms with van der Waals surface area (Å²) in [4.78, 5) is 12.2. The number of aromatic hydroxyl groups is 1. The van der Waals surface area contributed by atoms with Crippen molar-refractivity contribution in [3.05, 3.63) is 59.7 Å². The standard InChI is InChI=1S/C17H17NO3/c19-13-7-5-12(6-8-13)11-17(20)18-15-9-10-21-16-4-2-1-3-14(15)16/h1-8,15,19H,9-11H2,(H,18,20)/t15-/m0/s1. The summed E-state index contributed by atoms with van der Waals surface area (Å²) < 4.78 is 5.59. The Bertz CT molecular complexity index is 637. The van der Waals surface area contributed by atoms with Gasteiger partial charge >= 0.3 is 0 Å². The van der Waals surface area contributed by atoms with Gasteiger partial charge in [0.05, 0.1) is 19.1 Å². The molecule has 0 spiro atoms. The Morgan fingerprint density at radius 2 is 1.95 bits per heavy atom. The van der Waals surface area contributed by atoms with E-state index in [1.165, 1.54) is 0 Å². The van der Waals surface area contributed by atoms with E-state index in [2.05, 4.69) is 5.32 Å². The van der Waals surface area contributed by atoms with Crippen LogP contribution in [0.2, 0.25) is 0 Å². The molecule has 2 N–H and O–H groups in total. The van der Waals surface area contributed by atoms with E-state index in [1.54, 1.807) is 24.3 Å². The third kappa shape index (κ3) is 3.16. The number of hydrogen-bond acceptors (Lipinski definition) is 3. The van der Waals surface area contributed by atoms with Crippen molar-refractivity contribution in [2.75, 3.05) is 6.61 Å². The predicted octanol–water partition coefficient (Wildman–Crippen LogP) is 2.57. The SMILES string of the molecule is O=C(Cc1ccc(O)cc1)N[C@H]1CCOc2ccccc21. The molecule has 1 aliphatic rings. The van der Waals surface area contributed by atoms with E-state index in [9.17, 15) is 9.90 Å². The lowest BCUT2D eigenvalue weighted by atomic mass is 10.00. The minimum Gasteiger partial charge on any atom is -0.508 e. The van der Waals surface area contributed by atoms with Crippen LogP contribution in [0.3, 0.4) is 0 Å². The molecule has 3 rings (SSSR count). The zero-order valence-corrected chi connectivity index (χ0v) is 11.6. The van der Waals surface area contributed by atoms with Crippen molar-refractivity contribution in [3.63, 3.8) is 0 Å². The molecule has 0 unspecified atom stereocenters. The summed E-state index contributed by atoms with van der Waals surface area (Å²) in [5.74, 6) is 1.03. The van der Waals surface area contributed by atoms with Crippen LogP contribution in [0.5, 0.6) is 11.5 Å². The van der Waals surface area contributed by atoms with Crippen LogP contribution in [0.25, 0.3) is 0 Å². The molecule has 2 aromatic rings. The summed E-state index contributed by atoms with van der Waals surface area (Å²) in [5.41, 5.74) is 1.91. The molecule has 4 nitrogen and oxygen atoms in total. The van der Waals surface area contributed by atoms with Crippen LogP contribution in [0, 0.1) is 0 Å². The number of carbonyl (C=O) groups excluding carboxylic acids is 1. The topological polar surface area (TPSA) is 58.6 Å². The lowest BCUT2D eigenvalue weighted by Gasteiger charge is -2.26. The van der Waals surface area contributed by atoms with E-state index >= 15 is 0 Å². The van der Waals surface area contributed by atoms with Gasteiger partial charge in [-0.25, -0.2) is 0 Å². The van der Waals surface area contributed by atoms with Gasteiger partial charge in [-0.2, -0.15) is 0 Å². The largest absolute Gasteiger partial charge is 0.508 e. The molecule has 1 heterocycles. The van der Waals surface area contributed by atoms with Crippen molar-refractivity contribution in [1.82, 2.24) is 5.32 Å². The Balaban J connectivity index is 1.67. The van der Waals surface area contributed by atoms with Gasteiger partial charge in [0.25, 0.3) is 0 Å². The monoisotopic (exact) mass is 283 g/mol. The van der Waals surface area contributed by atoms with Crippen LogP contribution in [0.4, 0.5) is 0 Å². The van der Waals surface area contributed by atoms with E-state index in [1.807, 2.05) is 24.3 Å². The number of para-hydroxylation sites is 1. The maximum absolute atomic E-state index is 12.2. The number of fused-ring (bicyclic) bond motifs is 1. The van der Waals surface area contributed by atoms with Gasteiger partial charge in [-0.3, -0.25) is 4.79 Å². The van der Waals surface area contributed by atoms with Crippen LogP contribution < -0.4 is 10.1 Å². The van der Waals surface area contributed by atoms with Crippen LogP contribution >= 0.6 is 0 Å². The van der Waals surface area contributed by atoms with E-state index < -0.39 is 0 Å². The maximum Gasteiger partial charge on any atom is 0.224 e. The number of amides is 1. The Hall–Kier alpha value is -2.49. The van der Waals surface area contributed by atoms with Gasteiger partial charge in [-0.1, -0.05) is 30.3 Å². The van der Waals surface area contributed by atoms with Gasteiger partial charge in [-0.15, -0.1) is 0 Å². The third-order valence-corrected chi connectivity index (χ3v) is 3.59. The first-order chi connectivity index (χ1) is 10.2. The quantitative estimate of drug-likeness (QED) is 0.910. The highest BCUT2D eigenvalue weighted by molar-refractivity contribution is 5.79. The van der Waals surface area contributed by atoms with Gasteiger partial charge < -0.3 is 15.2 Å². The molecule has 0 bridgehead atoms. The summed E-state index contributed by atoms with van der Waals surface area (Å²) in [7, 11) is 0. The van der Waals surface area contributed by atoms with Gasteiger partial charge in [-0.05, 0) is 23.8 Å². The lowest BCUT2D eigenvalue weighted by Crippen LogP contribution is -2.33. The average Bonchev–Trinajstić information content (AvgIpc) is 2.50. The summed E-state index contributed by atoms with van der Waals surface area (Å²) in [6.45, 7) is 0.612. The van der Waals surface area contributed by atoms with Crippen molar-refractivity contribution >= 4 is 5.91 Å². The smallest absolute Gasteiger partial charge is 0.224 e. The van der Waals surface area contributed by atoms with Crippen molar-refractivity contribution in [2.45, 2.75) is 18.9 Å². The minimum absolute atomic E-state index is 0.000403. The Morgan fingerprint density at radius 3 is 2.76 bits per heavy atom. The molecule has 1 atom stereocenters. The Morgan fingerprint density at radius 1 is 1.19 bits per heavy atom. The normalized spacial score (nSPS) is 16.7. The number of phenolic OH excluding ortho intramolecular Hbond substituents is 1. The highest BCUT2D eigenvalue weighted by Gasteiger charge is 2.22. The van der Waals surface area contributed by atoms with Crippen molar-refractivity contribution in [2.24, 2.45) is 0 Å². The molecule has 0 radical (unpaired) electrons. The van der Waals surface area contributed by atoms with E-state index in [0.717, 1.165) is 23.3 Å². The molecule has 1 amide bonds. The summed E-state index contributed by atoms with van der Waals surface area (Å²) in [6, 6.07) is 14.5. The first kappa shape index (κ1) is 13.5. The fraction of sp³-hybridized carbons (Fsp3) is 0.235. The molecular formula is C17H17NO3. The molecule has 4 heteroatoms. The first-order valence-electron chi connectivity index (χ1n) is 7.01. The summed E-state index contributed by atoms with van der Waals surface area (Å²) >= 11 is 0. The van der Waals surface area contributed by atoms with Gasteiger partial charge in [0, 0.05) is 12.0 Å². The second-order valence-electron chi connectivity index (χ2n) is 5.14. The van der Waals surface area contributed by atoms with E-state index in [4.69, 9.17) is 4.74 Å². The van der Waals surface area contributed by atoms with Crippen LogP contribution in [0.15, 0.2) is 48.5 Å². The summed E-state index contributed by atoms with van der Waals surface area (Å²) in [5, 5.41) is 12.3. The number of carbonyl (C=O) groups is 1. The van der Waals surface area contributed by atoms with Crippen LogP contribution in [0.1, 0.15) is 23.6 Å². The molecule has 0 saturated carbocycles. The molecule has 2 aromatic carbocycles. The summed E-state index contributed by atoms with van der Waals surface area (Å²) in [6.07, 6.45) is 1.08. The number of ether oxygens (including phenoxy) is 1. The number of phenols is 1. The maximum atomic E-state index is 12.2. The molecule has 21 heavy (non-hydrogen) atoms. The Labute approximate surface area is 123 Å². The predicted molar refractivity (Wildman–Crippen MR) is 79.2 cm³/mol. The Kier molecular flexibility index (Phi) is 3.77. The fourth-order valence-electron chi connectivity index (χ4n) is 2.54. The number of rotatable bonds is 3. The third-order valence-electron chi connectivity index (χ3n) is 3.59. The number of hydrogen-bond donors (Lipinski definition) is 2. The second kappa shape index (κ2) is 5.87. The molecule has 1 aliphatic heterocycles. The average molecular weight is 283 g/mol.